The summed E-state index contributed by atoms with van der Waals surface area (Å²) in [6.45, 7) is 4.83. The molecule has 1 heteroatoms. The molecule has 0 aromatic rings. The predicted octanol–water partition coefficient (Wildman–Crippen LogP) is 1.74. The van der Waals surface area contributed by atoms with Crippen LogP contribution in [0.15, 0.2) is 0 Å². The van der Waals surface area contributed by atoms with E-state index >= 15 is 0 Å². The molecule has 58 valence electrons. The fourth-order valence-corrected chi connectivity index (χ4v) is 1.71. The lowest BCUT2D eigenvalue weighted by Gasteiger charge is -2.40. The van der Waals surface area contributed by atoms with Crippen LogP contribution in [0, 0.1) is 11.3 Å². The summed E-state index contributed by atoms with van der Waals surface area (Å²) in [6, 6.07) is 0. The maximum absolute atomic E-state index is 7.84. The van der Waals surface area contributed by atoms with Crippen LogP contribution in [0.1, 0.15) is 29.4 Å². The molecular weight excluding hydrogens is 122 g/mol. The van der Waals surface area contributed by atoms with Gasteiger partial charge in [0.05, 0.1) is 0 Å². The van der Waals surface area contributed by atoms with Crippen LogP contribution in [0.2, 0.25) is 0 Å². The molecule has 10 heavy (non-hydrogen) atoms. The van der Waals surface area contributed by atoms with Gasteiger partial charge in [0.2, 0.25) is 0 Å². The van der Waals surface area contributed by atoms with Gasteiger partial charge in [-0.15, -0.1) is 0 Å². The largest absolute Gasteiger partial charge is 0.302 e. The molecule has 1 aliphatic carbocycles. The topological polar surface area (TPSA) is 3.24 Å². The quantitative estimate of drug-likeness (QED) is 0.566. The van der Waals surface area contributed by atoms with Crippen LogP contribution in [-0.2, 0) is 0 Å². The highest BCUT2D eigenvalue weighted by Gasteiger charge is 2.51. The average Bonchev–Trinajstić information content (AvgIpc) is 2.60. The van der Waals surface area contributed by atoms with Crippen molar-refractivity contribution in [3.63, 3.8) is 0 Å². The zero-order valence-electron chi connectivity index (χ0n) is 8.85. The van der Waals surface area contributed by atoms with Crippen molar-refractivity contribution in [3.05, 3.63) is 0 Å². The van der Waals surface area contributed by atoms with Gasteiger partial charge in [0.15, 0.2) is 0 Å². The van der Waals surface area contributed by atoms with E-state index in [0.29, 0.717) is 5.41 Å². The Hall–Kier alpha value is -0.0400. The third kappa shape index (κ3) is 1.07. The third-order valence-electron chi connectivity index (χ3n) is 2.45. The molecule has 1 spiro atoms. The van der Waals surface area contributed by atoms with E-state index in [-0.39, 0.29) is 5.92 Å². The Kier molecular flexibility index (Phi) is 0.940. The minimum Gasteiger partial charge on any atom is -0.302 e. The van der Waals surface area contributed by atoms with Gasteiger partial charge < -0.3 is 4.90 Å². The molecule has 0 atom stereocenters. The van der Waals surface area contributed by atoms with Crippen molar-refractivity contribution in [1.82, 2.24) is 4.90 Å². The number of nitrogens with zero attached hydrogens (tertiary/aromatic N) is 1. The van der Waals surface area contributed by atoms with Crippen LogP contribution < -0.4 is 0 Å². The minimum absolute atomic E-state index is 0.105. The summed E-state index contributed by atoms with van der Waals surface area (Å²) in [5.41, 5.74) is 0.572. The normalized spacial score (nSPS) is 33.5. The van der Waals surface area contributed by atoms with Gasteiger partial charge in [-0.1, -0.05) is 13.8 Å². The van der Waals surface area contributed by atoms with Crippen LogP contribution in [0.5, 0.6) is 0 Å². The zero-order chi connectivity index (χ0) is 8.98. The molecule has 1 heterocycles. The molecule has 2 aliphatic rings. The first-order chi connectivity index (χ1) is 5.46. The van der Waals surface area contributed by atoms with Crippen molar-refractivity contribution in [2.24, 2.45) is 11.3 Å². The first kappa shape index (κ1) is 4.76. The maximum Gasteiger partial charge on any atom is 0.0433 e. The summed E-state index contributed by atoms with van der Waals surface area (Å²) in [7, 11) is 0. The summed E-state index contributed by atoms with van der Waals surface area (Å²) >= 11 is 0. The molecule has 0 bridgehead atoms. The van der Waals surface area contributed by atoms with E-state index in [1.807, 2.05) is 18.7 Å². The van der Waals surface area contributed by atoms with Crippen LogP contribution in [0.3, 0.4) is 0 Å². The molecule has 0 aromatic carbocycles. The number of hydrogen-bond donors (Lipinski definition) is 0. The fourth-order valence-electron chi connectivity index (χ4n) is 1.71. The van der Waals surface area contributed by atoms with Crippen LogP contribution in [0.4, 0.5) is 0 Å². The standard InChI is InChI=1S/C9H17N/c1-8(2)5-10-6-9(7-10)3-4-9/h8H,3-7H2,1-2H3/i5D2. The van der Waals surface area contributed by atoms with Crippen LogP contribution in [-0.4, -0.2) is 24.5 Å². The van der Waals surface area contributed by atoms with Crippen molar-refractivity contribution in [2.75, 3.05) is 19.6 Å². The Bertz CT molecular complexity index is 189. The van der Waals surface area contributed by atoms with Gasteiger partial charge in [-0.2, -0.15) is 0 Å². The highest BCUT2D eigenvalue weighted by molar-refractivity contribution is 5.05. The monoisotopic (exact) mass is 141 g/mol. The Morgan fingerprint density at radius 3 is 2.50 bits per heavy atom. The van der Waals surface area contributed by atoms with E-state index in [2.05, 4.69) is 0 Å². The van der Waals surface area contributed by atoms with Crippen LogP contribution in [0.25, 0.3) is 0 Å². The summed E-state index contributed by atoms with van der Waals surface area (Å²) < 4.78 is 15.7. The first-order valence-electron chi connectivity index (χ1n) is 5.21. The second-order valence-corrected chi connectivity index (χ2v) is 4.14. The van der Waals surface area contributed by atoms with Gasteiger partial charge in [0, 0.05) is 22.3 Å². The molecular formula is C9H17N. The van der Waals surface area contributed by atoms with E-state index in [9.17, 15) is 0 Å². The molecule has 0 unspecified atom stereocenters. The zero-order valence-corrected chi connectivity index (χ0v) is 6.85. The van der Waals surface area contributed by atoms with E-state index in [0.717, 1.165) is 13.1 Å². The molecule has 0 N–H and O–H groups in total. The highest BCUT2D eigenvalue weighted by atomic mass is 15.2. The second kappa shape index (κ2) is 1.97. The first-order valence-corrected chi connectivity index (χ1v) is 4.21. The Morgan fingerprint density at radius 2 is 2.10 bits per heavy atom. The van der Waals surface area contributed by atoms with E-state index in [4.69, 9.17) is 2.74 Å². The molecule has 2 rings (SSSR count). The van der Waals surface area contributed by atoms with Gasteiger partial charge in [0.1, 0.15) is 0 Å². The molecule has 1 nitrogen and oxygen atoms in total. The van der Waals surface area contributed by atoms with Gasteiger partial charge in [0.25, 0.3) is 0 Å². The van der Waals surface area contributed by atoms with E-state index in [1.165, 1.54) is 12.8 Å². The van der Waals surface area contributed by atoms with Gasteiger partial charge in [-0.3, -0.25) is 0 Å². The fraction of sp³-hybridized carbons (Fsp3) is 1.00. The Labute approximate surface area is 66.2 Å². The van der Waals surface area contributed by atoms with E-state index < -0.39 is 6.50 Å². The lowest BCUT2D eigenvalue weighted by Crippen LogP contribution is -2.49. The van der Waals surface area contributed by atoms with Crippen LogP contribution >= 0.6 is 0 Å². The average molecular weight is 141 g/mol. The molecule has 0 aromatic heterocycles. The second-order valence-electron chi connectivity index (χ2n) is 4.14. The molecule has 2 fully saturated rings. The Morgan fingerprint density at radius 1 is 1.50 bits per heavy atom. The summed E-state index contributed by atoms with van der Waals surface area (Å²) in [4.78, 5) is 1.99. The number of rotatable bonds is 2. The molecule has 1 aliphatic heterocycles. The molecule has 0 amide bonds. The lowest BCUT2D eigenvalue weighted by molar-refractivity contribution is 0.0696. The smallest absolute Gasteiger partial charge is 0.0433 e. The SMILES string of the molecule is [2H]C([2H])(C(C)C)N1CC2(CC2)C1. The van der Waals surface area contributed by atoms with E-state index in [1.54, 1.807) is 0 Å². The molecule has 1 saturated heterocycles. The summed E-state index contributed by atoms with van der Waals surface area (Å²) in [5, 5.41) is 0. The predicted molar refractivity (Wildman–Crippen MR) is 42.9 cm³/mol. The van der Waals surface area contributed by atoms with Crippen molar-refractivity contribution in [3.8, 4) is 0 Å². The highest BCUT2D eigenvalue weighted by Crippen LogP contribution is 2.52. The van der Waals surface area contributed by atoms with Crippen molar-refractivity contribution in [1.29, 1.82) is 0 Å². The van der Waals surface area contributed by atoms with Crippen molar-refractivity contribution in [2.45, 2.75) is 26.7 Å². The number of likely N-dealkylation sites (tertiary alicyclic amines) is 1. The summed E-state index contributed by atoms with van der Waals surface area (Å²) in [6.07, 6.45) is 2.66. The van der Waals surface area contributed by atoms with Gasteiger partial charge >= 0.3 is 0 Å². The van der Waals surface area contributed by atoms with Gasteiger partial charge in [-0.05, 0) is 24.2 Å². The van der Waals surface area contributed by atoms with Gasteiger partial charge in [-0.25, -0.2) is 0 Å². The minimum atomic E-state index is -1.08. The number of hydrogen-bond acceptors (Lipinski definition) is 1. The van der Waals surface area contributed by atoms with Crippen molar-refractivity contribution >= 4 is 0 Å². The lowest BCUT2D eigenvalue weighted by atomic mass is 9.96. The maximum atomic E-state index is 7.84. The molecule has 0 radical (unpaired) electrons. The summed E-state index contributed by atoms with van der Waals surface area (Å²) in [5.74, 6) is 0.105. The Balaban J connectivity index is 1.93. The van der Waals surface area contributed by atoms with Crippen molar-refractivity contribution < 1.29 is 2.74 Å². The third-order valence-corrected chi connectivity index (χ3v) is 2.45. The molecule has 1 saturated carbocycles.